The van der Waals surface area contributed by atoms with Crippen molar-refractivity contribution >= 4 is 12.0 Å². The lowest BCUT2D eigenvalue weighted by atomic mass is 10.00. The normalized spacial score (nSPS) is 10.0. The second kappa shape index (κ2) is 5.87. The van der Waals surface area contributed by atoms with Gasteiger partial charge in [0, 0.05) is 5.56 Å². The Labute approximate surface area is 105 Å². The molecule has 0 aliphatic heterocycles. The third-order valence-corrected chi connectivity index (χ3v) is 2.94. The molecule has 0 radical (unpaired) electrons. The number of carbonyl (C=O) groups is 1. The van der Waals surface area contributed by atoms with E-state index in [9.17, 15) is 9.70 Å². The number of hydrogen-bond donors (Lipinski definition) is 0. The van der Waals surface area contributed by atoms with E-state index < -0.39 is 0 Å². The summed E-state index contributed by atoms with van der Waals surface area (Å²) in [5.74, 6) is 0. The molecule has 0 N–H and O–H groups in total. The maximum absolute atomic E-state index is 10.9. The van der Waals surface area contributed by atoms with Crippen LogP contribution in [0, 0.1) is 4.91 Å². The molecule has 0 atom stereocenters. The molecule has 0 heterocycles. The fourth-order valence-corrected chi connectivity index (χ4v) is 1.96. The standard InChI is InChI=1S/C15H13NO2/c17-11-14-7-2-1-5-12(14)9-10-13-6-3-4-8-15(13)16-18/h1-8,11H,9-10H2. The Morgan fingerprint density at radius 2 is 1.50 bits per heavy atom. The summed E-state index contributed by atoms with van der Waals surface area (Å²) in [6, 6.07) is 14.7. The number of nitroso groups, excluding NO2 is 1. The maximum Gasteiger partial charge on any atom is 0.150 e. The molecule has 0 aliphatic carbocycles. The molecule has 0 aromatic heterocycles. The minimum Gasteiger partial charge on any atom is -0.298 e. The van der Waals surface area contributed by atoms with Gasteiger partial charge in [-0.05, 0) is 35.2 Å². The minimum absolute atomic E-state index is 0.473. The fourth-order valence-electron chi connectivity index (χ4n) is 1.96. The maximum atomic E-state index is 10.9. The van der Waals surface area contributed by atoms with Crippen LogP contribution in [0.4, 0.5) is 5.69 Å². The van der Waals surface area contributed by atoms with E-state index >= 15 is 0 Å². The predicted octanol–water partition coefficient (Wildman–Crippen LogP) is 3.68. The quantitative estimate of drug-likeness (QED) is 0.590. The van der Waals surface area contributed by atoms with E-state index in [-0.39, 0.29) is 0 Å². The van der Waals surface area contributed by atoms with E-state index in [1.807, 2.05) is 30.3 Å². The molecule has 2 rings (SSSR count). The Morgan fingerprint density at radius 3 is 2.22 bits per heavy atom. The van der Waals surface area contributed by atoms with Crippen LogP contribution in [0.1, 0.15) is 21.5 Å². The number of hydrogen-bond acceptors (Lipinski definition) is 3. The lowest BCUT2D eigenvalue weighted by Gasteiger charge is -2.05. The fraction of sp³-hybridized carbons (Fsp3) is 0.133. The van der Waals surface area contributed by atoms with Crippen molar-refractivity contribution in [3.63, 3.8) is 0 Å². The number of aryl methyl sites for hydroxylation is 2. The third-order valence-electron chi connectivity index (χ3n) is 2.94. The van der Waals surface area contributed by atoms with Crippen LogP contribution in [-0.4, -0.2) is 6.29 Å². The van der Waals surface area contributed by atoms with Crippen LogP contribution in [0.25, 0.3) is 0 Å². The lowest BCUT2D eigenvalue weighted by molar-refractivity contribution is 0.112. The van der Waals surface area contributed by atoms with E-state index in [0.29, 0.717) is 17.7 Å². The molecule has 0 amide bonds. The Balaban J connectivity index is 2.16. The summed E-state index contributed by atoms with van der Waals surface area (Å²) in [6.45, 7) is 0. The summed E-state index contributed by atoms with van der Waals surface area (Å²) >= 11 is 0. The average molecular weight is 239 g/mol. The average Bonchev–Trinajstić information content (AvgIpc) is 2.45. The number of benzene rings is 2. The Hall–Kier alpha value is -2.29. The second-order valence-electron chi connectivity index (χ2n) is 4.04. The van der Waals surface area contributed by atoms with E-state index in [4.69, 9.17) is 0 Å². The summed E-state index contributed by atoms with van der Waals surface area (Å²) in [5.41, 5.74) is 3.08. The van der Waals surface area contributed by atoms with Crippen LogP contribution in [0.3, 0.4) is 0 Å². The molecule has 0 spiro atoms. The molecule has 90 valence electrons. The van der Waals surface area contributed by atoms with Gasteiger partial charge in [0.1, 0.15) is 12.0 Å². The highest BCUT2D eigenvalue weighted by atomic mass is 16.3. The van der Waals surface area contributed by atoms with E-state index in [2.05, 4.69) is 5.18 Å². The molecule has 3 heteroatoms. The highest BCUT2D eigenvalue weighted by molar-refractivity contribution is 5.77. The van der Waals surface area contributed by atoms with E-state index in [1.54, 1.807) is 18.2 Å². The smallest absolute Gasteiger partial charge is 0.150 e. The van der Waals surface area contributed by atoms with Crippen molar-refractivity contribution in [2.24, 2.45) is 5.18 Å². The van der Waals surface area contributed by atoms with E-state index in [0.717, 1.165) is 23.8 Å². The van der Waals surface area contributed by atoms with Crippen LogP contribution < -0.4 is 0 Å². The van der Waals surface area contributed by atoms with Crippen molar-refractivity contribution in [3.8, 4) is 0 Å². The first-order chi connectivity index (χ1) is 8.85. The number of aldehydes is 1. The molecule has 0 fully saturated rings. The van der Waals surface area contributed by atoms with Gasteiger partial charge >= 0.3 is 0 Å². The zero-order chi connectivity index (χ0) is 12.8. The summed E-state index contributed by atoms with van der Waals surface area (Å²) in [7, 11) is 0. The van der Waals surface area contributed by atoms with Crippen molar-refractivity contribution in [2.45, 2.75) is 12.8 Å². The summed E-state index contributed by atoms with van der Waals surface area (Å²) in [4.78, 5) is 21.5. The zero-order valence-electron chi connectivity index (χ0n) is 9.87. The van der Waals surface area contributed by atoms with Crippen LogP contribution in [0.2, 0.25) is 0 Å². The van der Waals surface area contributed by atoms with Crippen molar-refractivity contribution in [2.75, 3.05) is 0 Å². The van der Waals surface area contributed by atoms with Crippen LogP contribution >= 0.6 is 0 Å². The van der Waals surface area contributed by atoms with Crippen molar-refractivity contribution in [1.82, 2.24) is 0 Å². The van der Waals surface area contributed by atoms with Crippen LogP contribution in [0.5, 0.6) is 0 Å². The van der Waals surface area contributed by atoms with Crippen molar-refractivity contribution < 1.29 is 4.79 Å². The first-order valence-electron chi connectivity index (χ1n) is 5.79. The molecule has 0 saturated heterocycles. The molecule has 0 bridgehead atoms. The number of carbonyl (C=O) groups excluding carboxylic acids is 1. The lowest BCUT2D eigenvalue weighted by Crippen LogP contribution is -1.96. The molecule has 0 saturated carbocycles. The minimum atomic E-state index is 0.473. The first-order valence-corrected chi connectivity index (χ1v) is 5.79. The molecule has 18 heavy (non-hydrogen) atoms. The molecule has 2 aromatic carbocycles. The van der Waals surface area contributed by atoms with Gasteiger partial charge in [0.05, 0.1) is 0 Å². The van der Waals surface area contributed by atoms with Gasteiger partial charge in [-0.3, -0.25) is 4.79 Å². The van der Waals surface area contributed by atoms with Gasteiger partial charge in [0.2, 0.25) is 0 Å². The number of rotatable bonds is 5. The summed E-state index contributed by atoms with van der Waals surface area (Å²) in [5, 5.41) is 3.01. The zero-order valence-corrected chi connectivity index (χ0v) is 9.87. The Bertz CT molecular complexity index is 512. The highest BCUT2D eigenvalue weighted by Gasteiger charge is 2.04. The molecular formula is C15H13NO2. The largest absolute Gasteiger partial charge is 0.298 e. The predicted molar refractivity (Wildman–Crippen MR) is 71.1 cm³/mol. The van der Waals surface area contributed by atoms with Crippen molar-refractivity contribution in [1.29, 1.82) is 0 Å². The summed E-state index contributed by atoms with van der Waals surface area (Å²) in [6.07, 6.45) is 2.29. The molecule has 0 aliphatic rings. The van der Waals surface area contributed by atoms with Crippen LogP contribution in [0.15, 0.2) is 53.7 Å². The van der Waals surface area contributed by atoms with Gasteiger partial charge in [-0.2, -0.15) is 0 Å². The van der Waals surface area contributed by atoms with Gasteiger partial charge < -0.3 is 0 Å². The van der Waals surface area contributed by atoms with Gasteiger partial charge in [-0.15, -0.1) is 4.91 Å². The van der Waals surface area contributed by atoms with Gasteiger partial charge in [0.15, 0.2) is 0 Å². The topological polar surface area (TPSA) is 46.5 Å². The van der Waals surface area contributed by atoms with Crippen LogP contribution in [-0.2, 0) is 12.8 Å². The van der Waals surface area contributed by atoms with Gasteiger partial charge in [0.25, 0.3) is 0 Å². The van der Waals surface area contributed by atoms with Crippen molar-refractivity contribution in [3.05, 3.63) is 70.1 Å². The van der Waals surface area contributed by atoms with E-state index in [1.165, 1.54) is 0 Å². The Morgan fingerprint density at radius 1 is 0.889 bits per heavy atom. The monoisotopic (exact) mass is 239 g/mol. The summed E-state index contributed by atoms with van der Waals surface area (Å²) < 4.78 is 0. The number of nitrogens with zero attached hydrogens (tertiary/aromatic N) is 1. The SMILES string of the molecule is O=Cc1ccccc1CCc1ccccc1N=O. The highest BCUT2D eigenvalue weighted by Crippen LogP contribution is 2.20. The third kappa shape index (κ3) is 2.69. The van der Waals surface area contributed by atoms with Gasteiger partial charge in [-0.1, -0.05) is 42.5 Å². The first kappa shape index (κ1) is 12.2. The second-order valence-corrected chi connectivity index (χ2v) is 4.04. The molecule has 3 nitrogen and oxygen atoms in total. The Kier molecular flexibility index (Phi) is 3.97. The molecule has 0 unspecified atom stereocenters. The molecular weight excluding hydrogens is 226 g/mol. The van der Waals surface area contributed by atoms with Gasteiger partial charge in [-0.25, -0.2) is 0 Å². The molecule has 2 aromatic rings.